The average Bonchev–Trinajstić information content (AvgIpc) is 3.04. The van der Waals surface area contributed by atoms with E-state index in [1.165, 1.54) is 0 Å². The summed E-state index contributed by atoms with van der Waals surface area (Å²) in [5.74, 6) is 0.163. The van der Waals surface area contributed by atoms with Gasteiger partial charge in [-0.3, -0.25) is 9.78 Å². The first kappa shape index (κ1) is 15.5. The fraction of sp³-hybridized carbons (Fsp3) is 0.286. The standard InChI is InChI=1S/C21H20N4O/c26-21-17-6-5-14(18-7-8-19-20(24-18)4-2-10-23-19)11-15(17)13-25(21)16-3-1-9-22-12-16/h2,4-8,10-11,16,22H,1,3,9,12-13H2. The van der Waals surface area contributed by atoms with E-state index in [0.717, 1.165) is 59.3 Å². The van der Waals surface area contributed by atoms with Gasteiger partial charge in [0.05, 0.1) is 16.7 Å². The Kier molecular flexibility index (Phi) is 3.68. The topological polar surface area (TPSA) is 58.1 Å². The molecule has 130 valence electrons. The van der Waals surface area contributed by atoms with Crippen molar-refractivity contribution in [3.05, 3.63) is 59.8 Å². The van der Waals surface area contributed by atoms with Crippen LogP contribution in [0.4, 0.5) is 0 Å². The van der Waals surface area contributed by atoms with Crippen molar-refractivity contribution in [3.8, 4) is 11.3 Å². The van der Waals surface area contributed by atoms with Gasteiger partial charge >= 0.3 is 0 Å². The van der Waals surface area contributed by atoms with Crippen LogP contribution in [0, 0.1) is 0 Å². The number of hydrogen-bond acceptors (Lipinski definition) is 4. The predicted molar refractivity (Wildman–Crippen MR) is 101 cm³/mol. The van der Waals surface area contributed by atoms with E-state index in [4.69, 9.17) is 4.98 Å². The first-order chi connectivity index (χ1) is 12.8. The third-order valence-corrected chi connectivity index (χ3v) is 5.40. The van der Waals surface area contributed by atoms with Crippen molar-refractivity contribution in [1.29, 1.82) is 0 Å². The van der Waals surface area contributed by atoms with Crippen LogP contribution in [0.15, 0.2) is 48.7 Å². The molecule has 2 aliphatic heterocycles. The van der Waals surface area contributed by atoms with E-state index in [1.54, 1.807) is 6.20 Å². The van der Waals surface area contributed by atoms with Crippen LogP contribution in [0.25, 0.3) is 22.3 Å². The molecule has 5 rings (SSSR count). The Morgan fingerprint density at radius 2 is 2.08 bits per heavy atom. The summed E-state index contributed by atoms with van der Waals surface area (Å²) in [7, 11) is 0. The van der Waals surface area contributed by atoms with Crippen LogP contribution in [0.2, 0.25) is 0 Å². The van der Waals surface area contributed by atoms with Crippen LogP contribution in [-0.2, 0) is 6.54 Å². The van der Waals surface area contributed by atoms with Crippen molar-refractivity contribution >= 4 is 16.9 Å². The molecule has 4 heterocycles. The van der Waals surface area contributed by atoms with E-state index >= 15 is 0 Å². The van der Waals surface area contributed by atoms with Gasteiger partial charge in [-0.1, -0.05) is 6.07 Å². The van der Waals surface area contributed by atoms with Gasteiger partial charge in [0.15, 0.2) is 0 Å². The fourth-order valence-electron chi connectivity index (χ4n) is 4.01. The van der Waals surface area contributed by atoms with E-state index in [1.807, 2.05) is 41.3 Å². The van der Waals surface area contributed by atoms with Crippen molar-refractivity contribution in [2.24, 2.45) is 0 Å². The Morgan fingerprint density at radius 3 is 2.96 bits per heavy atom. The maximum atomic E-state index is 12.8. The molecule has 1 fully saturated rings. The Bertz CT molecular complexity index is 994. The summed E-state index contributed by atoms with van der Waals surface area (Å²) in [5.41, 5.74) is 5.68. The number of carbonyl (C=O) groups excluding carboxylic acids is 1. The van der Waals surface area contributed by atoms with Crippen LogP contribution in [0.3, 0.4) is 0 Å². The number of fused-ring (bicyclic) bond motifs is 2. The van der Waals surface area contributed by atoms with Gasteiger partial charge in [0, 0.05) is 36.5 Å². The van der Waals surface area contributed by atoms with Gasteiger partial charge in [0.2, 0.25) is 0 Å². The number of aromatic nitrogens is 2. The number of piperidine rings is 1. The molecule has 2 aromatic heterocycles. The Morgan fingerprint density at radius 1 is 1.12 bits per heavy atom. The van der Waals surface area contributed by atoms with Crippen molar-refractivity contribution in [2.75, 3.05) is 13.1 Å². The van der Waals surface area contributed by atoms with Gasteiger partial charge in [-0.05, 0) is 61.3 Å². The molecule has 3 aromatic rings. The van der Waals surface area contributed by atoms with Crippen LogP contribution in [0.1, 0.15) is 28.8 Å². The molecule has 1 aromatic carbocycles. The second-order valence-corrected chi connectivity index (χ2v) is 7.04. The molecule has 0 spiro atoms. The van der Waals surface area contributed by atoms with Crippen LogP contribution < -0.4 is 5.32 Å². The smallest absolute Gasteiger partial charge is 0.254 e. The zero-order valence-electron chi connectivity index (χ0n) is 14.5. The molecule has 26 heavy (non-hydrogen) atoms. The fourth-order valence-corrected chi connectivity index (χ4v) is 4.01. The SMILES string of the molecule is O=C1c2ccc(-c3ccc4ncccc4n3)cc2CN1C1CCCNC1. The molecule has 1 atom stereocenters. The van der Waals surface area contributed by atoms with Gasteiger partial charge in [0.25, 0.3) is 5.91 Å². The molecule has 1 saturated heterocycles. The summed E-state index contributed by atoms with van der Waals surface area (Å²) in [6.45, 7) is 2.65. The molecule has 5 nitrogen and oxygen atoms in total. The van der Waals surface area contributed by atoms with Gasteiger partial charge in [0.1, 0.15) is 0 Å². The summed E-state index contributed by atoms with van der Waals surface area (Å²) in [4.78, 5) is 23.9. The number of amides is 1. The van der Waals surface area contributed by atoms with E-state index in [-0.39, 0.29) is 5.91 Å². The molecule has 2 aliphatic rings. The molecule has 5 heteroatoms. The molecular formula is C21H20N4O. The number of hydrogen-bond donors (Lipinski definition) is 1. The van der Waals surface area contributed by atoms with Crippen LogP contribution in [0.5, 0.6) is 0 Å². The lowest BCUT2D eigenvalue weighted by Gasteiger charge is -2.31. The van der Waals surface area contributed by atoms with Crippen molar-refractivity contribution in [1.82, 2.24) is 20.2 Å². The lowest BCUT2D eigenvalue weighted by Crippen LogP contribution is -2.46. The molecular weight excluding hydrogens is 324 g/mol. The summed E-state index contributed by atoms with van der Waals surface area (Å²) < 4.78 is 0. The van der Waals surface area contributed by atoms with E-state index in [2.05, 4.69) is 16.4 Å². The lowest BCUT2D eigenvalue weighted by atomic mass is 10.0. The first-order valence-corrected chi connectivity index (χ1v) is 9.16. The summed E-state index contributed by atoms with van der Waals surface area (Å²) in [6.07, 6.45) is 3.99. The Balaban J connectivity index is 1.48. The number of rotatable bonds is 2. The average molecular weight is 344 g/mol. The van der Waals surface area contributed by atoms with E-state index in [9.17, 15) is 4.79 Å². The van der Waals surface area contributed by atoms with Crippen LogP contribution >= 0.6 is 0 Å². The highest BCUT2D eigenvalue weighted by atomic mass is 16.2. The maximum absolute atomic E-state index is 12.8. The highest BCUT2D eigenvalue weighted by Crippen LogP contribution is 2.30. The summed E-state index contributed by atoms with van der Waals surface area (Å²) in [6, 6.07) is 14.2. The third kappa shape index (κ3) is 2.56. The summed E-state index contributed by atoms with van der Waals surface area (Å²) in [5, 5.41) is 3.40. The molecule has 0 bridgehead atoms. The van der Waals surface area contributed by atoms with E-state index < -0.39 is 0 Å². The number of nitrogens with one attached hydrogen (secondary N) is 1. The van der Waals surface area contributed by atoms with Crippen LogP contribution in [-0.4, -0.2) is 39.9 Å². The van der Waals surface area contributed by atoms with Crippen molar-refractivity contribution in [2.45, 2.75) is 25.4 Å². The Labute approximate surface area is 152 Å². The van der Waals surface area contributed by atoms with Gasteiger partial charge in [-0.2, -0.15) is 0 Å². The quantitative estimate of drug-likeness (QED) is 0.776. The zero-order valence-corrected chi connectivity index (χ0v) is 14.5. The minimum absolute atomic E-state index is 0.163. The number of benzene rings is 1. The van der Waals surface area contributed by atoms with Crippen molar-refractivity contribution in [3.63, 3.8) is 0 Å². The molecule has 1 N–H and O–H groups in total. The second kappa shape index (κ2) is 6.18. The first-order valence-electron chi connectivity index (χ1n) is 9.16. The predicted octanol–water partition coefficient (Wildman–Crippen LogP) is 3.00. The van der Waals surface area contributed by atoms with E-state index in [0.29, 0.717) is 12.6 Å². The third-order valence-electron chi connectivity index (χ3n) is 5.40. The molecule has 1 unspecified atom stereocenters. The van der Waals surface area contributed by atoms with Gasteiger partial charge in [-0.25, -0.2) is 4.98 Å². The minimum Gasteiger partial charge on any atom is -0.330 e. The Hall–Kier alpha value is -2.79. The lowest BCUT2D eigenvalue weighted by molar-refractivity contribution is 0.0674. The monoisotopic (exact) mass is 344 g/mol. The maximum Gasteiger partial charge on any atom is 0.254 e. The highest BCUT2D eigenvalue weighted by Gasteiger charge is 2.33. The minimum atomic E-state index is 0.163. The normalized spacial score (nSPS) is 19.8. The number of nitrogens with zero attached hydrogens (tertiary/aromatic N) is 3. The zero-order chi connectivity index (χ0) is 17.5. The number of pyridine rings is 2. The highest BCUT2D eigenvalue weighted by molar-refractivity contribution is 5.99. The van der Waals surface area contributed by atoms with Gasteiger partial charge in [-0.15, -0.1) is 0 Å². The molecule has 1 amide bonds. The number of carbonyl (C=O) groups is 1. The molecule has 0 aliphatic carbocycles. The summed E-state index contributed by atoms with van der Waals surface area (Å²) >= 11 is 0. The van der Waals surface area contributed by atoms with Crippen molar-refractivity contribution < 1.29 is 4.79 Å². The molecule has 0 saturated carbocycles. The largest absolute Gasteiger partial charge is 0.330 e. The molecule has 0 radical (unpaired) electrons. The van der Waals surface area contributed by atoms with Gasteiger partial charge < -0.3 is 10.2 Å². The second-order valence-electron chi connectivity index (χ2n) is 7.04.